The summed E-state index contributed by atoms with van der Waals surface area (Å²) in [6.07, 6.45) is 1.55. The van der Waals surface area contributed by atoms with E-state index >= 15 is 0 Å². The molecular weight excluding hydrogens is 410 g/mol. The van der Waals surface area contributed by atoms with Gasteiger partial charge in [-0.15, -0.1) is 6.58 Å². The van der Waals surface area contributed by atoms with Gasteiger partial charge in [0.1, 0.15) is 5.75 Å². The van der Waals surface area contributed by atoms with Crippen LogP contribution in [0.2, 0.25) is 0 Å². The average Bonchev–Trinajstić information content (AvgIpc) is 3.20. The molecule has 9 heteroatoms. The van der Waals surface area contributed by atoms with E-state index in [4.69, 9.17) is 25.1 Å². The van der Waals surface area contributed by atoms with Crippen molar-refractivity contribution in [3.63, 3.8) is 0 Å². The highest BCUT2D eigenvalue weighted by molar-refractivity contribution is 6.01. The van der Waals surface area contributed by atoms with Gasteiger partial charge in [-0.2, -0.15) is 0 Å². The third kappa shape index (κ3) is 4.59. The lowest BCUT2D eigenvalue weighted by Gasteiger charge is -2.29. The van der Waals surface area contributed by atoms with Gasteiger partial charge in [0.05, 0.1) is 6.61 Å². The number of hydrogen-bond donors (Lipinski definition) is 2. The molecule has 1 aliphatic rings. The molecule has 2 N–H and O–H groups in total. The molecule has 0 spiro atoms. The van der Waals surface area contributed by atoms with Crippen LogP contribution in [0.15, 0.2) is 71.3 Å². The molecule has 9 nitrogen and oxygen atoms in total. The Morgan fingerprint density at radius 1 is 1.38 bits per heavy atom. The first kappa shape index (κ1) is 22.9. The zero-order chi connectivity index (χ0) is 23.0. The maximum absolute atomic E-state index is 13.1. The number of rotatable bonds is 10. The molecule has 0 fully saturated rings. The zero-order valence-electron chi connectivity index (χ0n) is 17.8. The van der Waals surface area contributed by atoms with Crippen molar-refractivity contribution in [1.82, 2.24) is 5.32 Å². The summed E-state index contributed by atoms with van der Waals surface area (Å²) < 4.78 is 11.8. The third-order valence-corrected chi connectivity index (χ3v) is 5.08. The Balaban J connectivity index is 2.03. The minimum atomic E-state index is -1.32. The number of likely N-dealkylation sites (N-methyl/N-ethyl adjacent to an activating group) is 1. The van der Waals surface area contributed by atoms with E-state index in [0.717, 1.165) is 0 Å². The maximum Gasteiger partial charge on any atom is 0.252 e. The van der Waals surface area contributed by atoms with E-state index in [1.165, 1.54) is 7.05 Å². The molecule has 1 amide bonds. The Labute approximate surface area is 186 Å². The van der Waals surface area contributed by atoms with Crippen LogP contribution in [-0.2, 0) is 9.53 Å². The Kier molecular flexibility index (Phi) is 7.49. The molecule has 0 aliphatic carbocycles. The lowest BCUT2D eigenvalue weighted by Crippen LogP contribution is -2.46. The number of carbonyl (C=O) groups excluding carboxylic acids is 1. The smallest absolute Gasteiger partial charge is 0.252 e. The monoisotopic (exact) mass is 435 g/mol. The van der Waals surface area contributed by atoms with E-state index in [1.807, 2.05) is 0 Å². The van der Waals surface area contributed by atoms with Crippen molar-refractivity contribution in [3.05, 3.63) is 82.8 Å². The Bertz CT molecular complexity index is 1050. The number of aliphatic hydroxyl groups excluding tert-OH is 1. The topological polar surface area (TPSA) is 129 Å². The molecule has 2 atom stereocenters. The van der Waals surface area contributed by atoms with Gasteiger partial charge in [0.2, 0.25) is 5.90 Å². The molecule has 2 aromatic rings. The van der Waals surface area contributed by atoms with E-state index in [1.54, 1.807) is 54.6 Å². The van der Waals surface area contributed by atoms with Gasteiger partial charge in [-0.3, -0.25) is 4.79 Å². The number of aliphatic imine (C=N–C) groups is 1. The zero-order valence-corrected chi connectivity index (χ0v) is 17.8. The fraction of sp³-hybridized carbons (Fsp3) is 0.304. The fourth-order valence-corrected chi connectivity index (χ4v) is 3.58. The minimum absolute atomic E-state index is 0.0618. The molecule has 0 aromatic heterocycles. The number of nitrogens with zero attached hydrogens (tertiary/aromatic N) is 4. The van der Waals surface area contributed by atoms with Crippen LogP contribution in [0.5, 0.6) is 5.75 Å². The average molecular weight is 435 g/mol. The number of benzene rings is 2. The van der Waals surface area contributed by atoms with Crippen LogP contribution in [0.3, 0.4) is 0 Å². The van der Waals surface area contributed by atoms with Crippen molar-refractivity contribution in [2.24, 2.45) is 10.1 Å². The van der Waals surface area contributed by atoms with Crippen molar-refractivity contribution in [1.29, 1.82) is 0 Å². The van der Waals surface area contributed by atoms with Crippen LogP contribution < -0.4 is 10.1 Å². The van der Waals surface area contributed by atoms with Gasteiger partial charge in [-0.25, -0.2) is 4.99 Å². The van der Waals surface area contributed by atoms with Gasteiger partial charge in [0.25, 0.3) is 5.91 Å². The van der Waals surface area contributed by atoms with E-state index in [0.29, 0.717) is 35.6 Å². The van der Waals surface area contributed by atoms with E-state index in [9.17, 15) is 4.79 Å². The summed E-state index contributed by atoms with van der Waals surface area (Å²) in [6.45, 7) is 4.27. The van der Waals surface area contributed by atoms with E-state index in [-0.39, 0.29) is 24.8 Å². The quantitative estimate of drug-likeness (QED) is 0.192. The summed E-state index contributed by atoms with van der Waals surface area (Å²) in [4.78, 5) is 20.7. The fourth-order valence-electron chi connectivity index (χ4n) is 3.58. The molecule has 0 bridgehead atoms. The lowest BCUT2D eigenvalue weighted by atomic mass is 9.84. The number of hydrogen-bond acceptors (Lipinski definition) is 6. The molecule has 0 saturated carbocycles. The molecule has 166 valence electrons. The minimum Gasteiger partial charge on any atom is -0.494 e. The molecule has 3 rings (SSSR count). The number of amides is 1. The molecule has 2 aromatic carbocycles. The molecule has 32 heavy (non-hydrogen) atoms. The number of nitrogens with one attached hydrogen (secondary N) is 1. The lowest BCUT2D eigenvalue weighted by molar-refractivity contribution is -0.128. The van der Waals surface area contributed by atoms with Crippen molar-refractivity contribution in [2.75, 3.05) is 20.3 Å². The third-order valence-electron chi connectivity index (χ3n) is 5.08. The highest BCUT2D eigenvalue weighted by Gasteiger charge is 2.52. The Morgan fingerprint density at radius 2 is 2.12 bits per heavy atom. The molecule has 1 aliphatic heterocycles. The van der Waals surface area contributed by atoms with Crippen molar-refractivity contribution in [3.8, 4) is 5.75 Å². The summed E-state index contributed by atoms with van der Waals surface area (Å²) in [5.74, 6) is 0.602. The van der Waals surface area contributed by atoms with Gasteiger partial charge in [0, 0.05) is 48.2 Å². The second-order valence-electron chi connectivity index (χ2n) is 7.11. The van der Waals surface area contributed by atoms with Crippen molar-refractivity contribution < 1.29 is 19.4 Å². The van der Waals surface area contributed by atoms with Crippen molar-refractivity contribution in [2.45, 2.75) is 24.5 Å². The summed E-state index contributed by atoms with van der Waals surface area (Å²) in [5.41, 5.74) is 9.24. The number of azide groups is 1. The predicted octanol–water partition coefficient (Wildman–Crippen LogP) is 3.97. The van der Waals surface area contributed by atoms with Crippen molar-refractivity contribution >= 4 is 17.5 Å². The highest BCUT2D eigenvalue weighted by Crippen LogP contribution is 2.45. The molecule has 0 radical (unpaired) electrons. The summed E-state index contributed by atoms with van der Waals surface area (Å²) in [5, 5.41) is 15.3. The summed E-state index contributed by atoms with van der Waals surface area (Å²) in [6, 6.07) is 14.1. The normalized spacial score (nSPS) is 19.3. The second-order valence-corrected chi connectivity index (χ2v) is 7.11. The number of ether oxygens (including phenoxy) is 2. The first-order chi connectivity index (χ1) is 15.6. The first-order valence-corrected chi connectivity index (χ1v) is 10.2. The maximum atomic E-state index is 13.1. The van der Waals surface area contributed by atoms with Gasteiger partial charge in [-0.1, -0.05) is 35.5 Å². The largest absolute Gasteiger partial charge is 0.494 e. The molecule has 0 saturated heterocycles. The standard InChI is InChI=1S/C23H25N5O4/c1-3-13-23(22(30)25-2)20(18-7-4-5-8-19(18)27-28-24)32-21(26-23)16-9-11-17(12-10-16)31-15-6-14-29/h3-5,7-12,20,29H,1,6,13-15H2,2H3,(H,25,30)/t20-,23-/m1/s1. The van der Waals surface area contributed by atoms with Crippen LogP contribution in [0.1, 0.15) is 30.1 Å². The summed E-state index contributed by atoms with van der Waals surface area (Å²) >= 11 is 0. The van der Waals surface area contributed by atoms with Gasteiger partial charge < -0.3 is 19.9 Å². The molecular formula is C23H25N5O4. The first-order valence-electron chi connectivity index (χ1n) is 10.2. The van der Waals surface area contributed by atoms with Gasteiger partial charge >= 0.3 is 0 Å². The van der Waals surface area contributed by atoms with E-state index < -0.39 is 11.6 Å². The second kappa shape index (κ2) is 10.5. The Morgan fingerprint density at radius 3 is 2.78 bits per heavy atom. The summed E-state index contributed by atoms with van der Waals surface area (Å²) in [7, 11) is 1.54. The predicted molar refractivity (Wildman–Crippen MR) is 121 cm³/mol. The van der Waals surface area contributed by atoms with Crippen LogP contribution >= 0.6 is 0 Å². The highest BCUT2D eigenvalue weighted by atomic mass is 16.5. The van der Waals surface area contributed by atoms with E-state index in [2.05, 4.69) is 21.9 Å². The van der Waals surface area contributed by atoms with Crippen LogP contribution in [0.4, 0.5) is 5.69 Å². The SMILES string of the molecule is C=CC[C@@]1(C(=O)NC)N=C(c2ccc(OCCCO)cc2)O[C@@H]1c1ccccc1N=[N+]=[N-]. The van der Waals surface area contributed by atoms with Crippen LogP contribution in [-0.4, -0.2) is 42.7 Å². The van der Waals surface area contributed by atoms with Gasteiger partial charge in [-0.05, 0) is 29.8 Å². The number of aliphatic hydroxyl groups is 1. The molecule has 1 heterocycles. The van der Waals surface area contributed by atoms with Crippen LogP contribution in [0, 0.1) is 0 Å². The van der Waals surface area contributed by atoms with Gasteiger partial charge in [0.15, 0.2) is 11.6 Å². The Hall–Kier alpha value is -3.81. The number of carbonyl (C=O) groups is 1. The van der Waals surface area contributed by atoms with Crippen LogP contribution in [0.25, 0.3) is 10.4 Å². The molecule has 0 unspecified atom stereocenters.